The molecule has 174 valence electrons. The van der Waals surface area contributed by atoms with Gasteiger partial charge in [0.1, 0.15) is 5.69 Å². The third kappa shape index (κ3) is 4.79. The molecular weight excluding hydrogens is 426 g/mol. The maximum atomic E-state index is 6.24. The standard InChI is InChI=1S/C22H34ClN9/c1-12(2)31-19-20(26-18-10-14(23)9-16(25)11-18)28-22(27-17-7-5-15(24)6-8-17)29-21(19)32(30-31)13(3)4/h9-13,15,17,30H,5-8,24-25H2,1-4H3,(H2,26,27,28,29). The number of hydrogen-bond donors (Lipinski definition) is 5. The van der Waals surface area contributed by atoms with Crippen molar-refractivity contribution in [2.45, 2.75) is 77.5 Å². The quantitative estimate of drug-likeness (QED) is 0.408. The minimum absolute atomic E-state index is 0.185. The zero-order valence-corrected chi connectivity index (χ0v) is 19.9. The molecule has 1 saturated carbocycles. The van der Waals surface area contributed by atoms with Crippen molar-refractivity contribution in [2.75, 3.05) is 26.4 Å². The molecule has 1 aliphatic heterocycles. The fraction of sp³-hybridized carbons (Fsp3) is 0.545. The van der Waals surface area contributed by atoms with E-state index in [-0.39, 0.29) is 12.1 Å². The Kier molecular flexibility index (Phi) is 6.50. The normalized spacial score (nSPS) is 20.8. The van der Waals surface area contributed by atoms with E-state index >= 15 is 0 Å². The minimum Gasteiger partial charge on any atom is -0.399 e. The van der Waals surface area contributed by atoms with Gasteiger partial charge in [-0.15, -0.1) is 5.53 Å². The molecule has 0 amide bonds. The van der Waals surface area contributed by atoms with Crippen LogP contribution in [-0.2, 0) is 0 Å². The lowest BCUT2D eigenvalue weighted by Gasteiger charge is -2.27. The summed E-state index contributed by atoms with van der Waals surface area (Å²) in [6, 6.07) is 6.39. The topological polar surface area (TPSA) is 120 Å². The second-order valence-corrected chi connectivity index (χ2v) is 9.69. The van der Waals surface area contributed by atoms with Crippen LogP contribution < -0.4 is 37.7 Å². The van der Waals surface area contributed by atoms with Crippen LogP contribution >= 0.6 is 11.6 Å². The van der Waals surface area contributed by atoms with Gasteiger partial charge in [0.15, 0.2) is 11.6 Å². The number of fused-ring (bicyclic) bond motifs is 1. The van der Waals surface area contributed by atoms with Gasteiger partial charge in [0.25, 0.3) is 0 Å². The third-order valence-electron chi connectivity index (χ3n) is 5.87. The van der Waals surface area contributed by atoms with Gasteiger partial charge >= 0.3 is 0 Å². The molecule has 1 aliphatic carbocycles. The second kappa shape index (κ2) is 9.17. The highest BCUT2D eigenvalue weighted by atomic mass is 35.5. The van der Waals surface area contributed by atoms with Gasteiger partial charge in [0.2, 0.25) is 5.95 Å². The molecule has 2 heterocycles. The molecule has 0 unspecified atom stereocenters. The number of rotatable bonds is 6. The molecule has 1 aromatic heterocycles. The number of nitrogens with one attached hydrogen (secondary N) is 3. The van der Waals surface area contributed by atoms with Crippen molar-refractivity contribution >= 4 is 46.2 Å². The highest BCUT2D eigenvalue weighted by Crippen LogP contribution is 2.41. The third-order valence-corrected chi connectivity index (χ3v) is 6.09. The number of benzene rings is 1. The second-order valence-electron chi connectivity index (χ2n) is 9.25. The smallest absolute Gasteiger partial charge is 0.227 e. The van der Waals surface area contributed by atoms with E-state index in [0.717, 1.165) is 42.9 Å². The predicted octanol–water partition coefficient (Wildman–Crippen LogP) is 4.00. The SMILES string of the molecule is CC(C)N1NN(C(C)C)c2c(Nc3cc(N)cc(Cl)c3)nc(NC3CCC(N)CC3)nc21. The van der Waals surface area contributed by atoms with Gasteiger partial charge in [-0.1, -0.05) is 11.6 Å². The average molecular weight is 460 g/mol. The van der Waals surface area contributed by atoms with E-state index in [1.165, 1.54) is 0 Å². The van der Waals surface area contributed by atoms with E-state index in [1.807, 2.05) is 12.1 Å². The first-order chi connectivity index (χ1) is 15.2. The Labute approximate surface area is 194 Å². The lowest BCUT2D eigenvalue weighted by molar-refractivity contribution is 0.410. The Morgan fingerprint density at radius 3 is 2.34 bits per heavy atom. The van der Waals surface area contributed by atoms with Crippen LogP contribution in [0.5, 0.6) is 0 Å². The van der Waals surface area contributed by atoms with Crippen LogP contribution in [0.1, 0.15) is 53.4 Å². The van der Waals surface area contributed by atoms with Crippen LogP contribution in [0.4, 0.5) is 34.6 Å². The van der Waals surface area contributed by atoms with Crippen molar-refractivity contribution in [2.24, 2.45) is 5.73 Å². The number of aromatic nitrogens is 2. The summed E-state index contributed by atoms with van der Waals surface area (Å²) in [6.07, 6.45) is 4.05. The summed E-state index contributed by atoms with van der Waals surface area (Å²) in [5.41, 5.74) is 17.8. The Balaban J connectivity index is 1.75. The summed E-state index contributed by atoms with van der Waals surface area (Å²) in [5, 5.41) is 11.7. The van der Waals surface area contributed by atoms with E-state index in [2.05, 4.69) is 53.9 Å². The molecular formula is C22H34ClN9. The first-order valence-electron chi connectivity index (χ1n) is 11.3. The van der Waals surface area contributed by atoms with Crippen LogP contribution in [0.15, 0.2) is 18.2 Å². The molecule has 1 fully saturated rings. The number of halogens is 1. The number of nitrogen functional groups attached to an aromatic ring is 1. The largest absolute Gasteiger partial charge is 0.399 e. The molecule has 0 bridgehead atoms. The molecule has 1 aromatic carbocycles. The molecule has 2 aliphatic rings. The summed E-state index contributed by atoms with van der Waals surface area (Å²) in [4.78, 5) is 9.80. The summed E-state index contributed by atoms with van der Waals surface area (Å²) in [5.74, 6) is 2.12. The number of nitrogens with two attached hydrogens (primary N) is 2. The maximum Gasteiger partial charge on any atom is 0.227 e. The van der Waals surface area contributed by atoms with Crippen molar-refractivity contribution in [3.05, 3.63) is 23.2 Å². The zero-order valence-electron chi connectivity index (χ0n) is 19.2. The Hall–Kier alpha value is -2.49. The van der Waals surface area contributed by atoms with Crippen molar-refractivity contribution in [1.82, 2.24) is 15.5 Å². The van der Waals surface area contributed by atoms with Gasteiger partial charge in [-0.2, -0.15) is 9.97 Å². The molecule has 32 heavy (non-hydrogen) atoms. The Morgan fingerprint density at radius 2 is 1.72 bits per heavy atom. The molecule has 0 radical (unpaired) electrons. The molecule has 0 spiro atoms. The van der Waals surface area contributed by atoms with Crippen molar-refractivity contribution < 1.29 is 0 Å². The summed E-state index contributed by atoms with van der Waals surface area (Å²) in [6.45, 7) is 8.50. The van der Waals surface area contributed by atoms with E-state index in [9.17, 15) is 0 Å². The number of nitrogens with zero attached hydrogens (tertiary/aromatic N) is 4. The van der Waals surface area contributed by atoms with Crippen molar-refractivity contribution in [3.63, 3.8) is 0 Å². The molecule has 2 aromatic rings. The lowest BCUT2D eigenvalue weighted by atomic mass is 9.92. The van der Waals surface area contributed by atoms with Crippen molar-refractivity contribution in [1.29, 1.82) is 0 Å². The van der Waals surface area contributed by atoms with Gasteiger partial charge in [-0.25, -0.2) is 0 Å². The van der Waals surface area contributed by atoms with Gasteiger partial charge in [0.05, 0.1) is 0 Å². The lowest BCUT2D eigenvalue weighted by Crippen LogP contribution is -2.50. The first-order valence-corrected chi connectivity index (χ1v) is 11.7. The Bertz CT molecular complexity index is 936. The van der Waals surface area contributed by atoms with Crippen LogP contribution in [-0.4, -0.2) is 34.1 Å². The maximum absolute atomic E-state index is 6.24. The molecule has 4 rings (SSSR count). The molecule has 0 saturated heterocycles. The van der Waals surface area contributed by atoms with E-state index < -0.39 is 0 Å². The van der Waals surface area contributed by atoms with Gasteiger partial charge in [-0.05, 0) is 71.6 Å². The number of anilines is 6. The van der Waals surface area contributed by atoms with E-state index in [4.69, 9.17) is 33.0 Å². The van der Waals surface area contributed by atoms with Crippen LogP contribution in [0, 0.1) is 0 Å². The summed E-state index contributed by atoms with van der Waals surface area (Å²) < 4.78 is 0. The van der Waals surface area contributed by atoms with Gasteiger partial charge in [-0.3, -0.25) is 10.0 Å². The Morgan fingerprint density at radius 1 is 1.03 bits per heavy atom. The van der Waals surface area contributed by atoms with Crippen LogP contribution in [0.2, 0.25) is 5.02 Å². The van der Waals surface area contributed by atoms with E-state index in [0.29, 0.717) is 34.6 Å². The zero-order chi connectivity index (χ0) is 23.0. The highest BCUT2D eigenvalue weighted by Gasteiger charge is 2.35. The fourth-order valence-electron chi connectivity index (χ4n) is 4.20. The molecule has 7 N–H and O–H groups in total. The summed E-state index contributed by atoms with van der Waals surface area (Å²) in [7, 11) is 0. The number of hydrogen-bond acceptors (Lipinski definition) is 9. The number of hydrazine groups is 2. The molecule has 0 atom stereocenters. The summed E-state index contributed by atoms with van der Waals surface area (Å²) >= 11 is 6.24. The van der Waals surface area contributed by atoms with Gasteiger partial charge < -0.3 is 22.1 Å². The molecule has 10 heteroatoms. The minimum atomic E-state index is 0.185. The van der Waals surface area contributed by atoms with E-state index in [1.54, 1.807) is 6.07 Å². The van der Waals surface area contributed by atoms with Crippen molar-refractivity contribution in [3.8, 4) is 0 Å². The fourth-order valence-corrected chi connectivity index (χ4v) is 4.44. The van der Waals surface area contributed by atoms with Crippen LogP contribution in [0.25, 0.3) is 0 Å². The highest BCUT2D eigenvalue weighted by molar-refractivity contribution is 6.31. The van der Waals surface area contributed by atoms with Gasteiger partial charge in [0, 0.05) is 40.6 Å². The predicted molar refractivity (Wildman–Crippen MR) is 133 cm³/mol. The molecule has 9 nitrogen and oxygen atoms in total. The first kappa shape index (κ1) is 22.7. The van der Waals surface area contributed by atoms with Crippen LogP contribution in [0.3, 0.4) is 0 Å². The monoisotopic (exact) mass is 459 g/mol. The average Bonchev–Trinajstić information content (AvgIpc) is 3.09.